The molecule has 0 aromatic carbocycles. The van der Waals surface area contributed by atoms with E-state index >= 15 is 0 Å². The van der Waals surface area contributed by atoms with Crippen LogP contribution in [-0.4, -0.2) is 25.5 Å². The van der Waals surface area contributed by atoms with E-state index in [2.05, 4.69) is 17.6 Å². The zero-order valence-corrected chi connectivity index (χ0v) is 11.0. The highest BCUT2D eigenvalue weighted by molar-refractivity contribution is 5.77. The van der Waals surface area contributed by atoms with Crippen LogP contribution >= 0.6 is 0 Å². The lowest BCUT2D eigenvalue weighted by molar-refractivity contribution is -0.120. The van der Waals surface area contributed by atoms with Crippen molar-refractivity contribution in [2.24, 2.45) is 17.8 Å². The molecule has 98 valence electrons. The van der Waals surface area contributed by atoms with Gasteiger partial charge in [-0.1, -0.05) is 19.8 Å². The van der Waals surface area contributed by atoms with E-state index in [-0.39, 0.29) is 5.91 Å². The van der Waals surface area contributed by atoms with Gasteiger partial charge in [0.05, 0.1) is 6.54 Å². The lowest BCUT2D eigenvalue weighted by Gasteiger charge is -2.26. The first-order valence-corrected chi connectivity index (χ1v) is 7.21. The highest BCUT2D eigenvalue weighted by Crippen LogP contribution is 2.28. The molecule has 1 amide bonds. The number of nitrogens with one attached hydrogen (secondary N) is 2. The molecule has 2 aliphatic rings. The van der Waals surface area contributed by atoms with Gasteiger partial charge in [-0.2, -0.15) is 0 Å². The first-order valence-electron chi connectivity index (χ1n) is 7.21. The molecular formula is C14H26N2O. The van der Waals surface area contributed by atoms with Crippen molar-refractivity contribution in [3.05, 3.63) is 0 Å². The number of carbonyl (C=O) groups excluding carboxylic acids is 1. The summed E-state index contributed by atoms with van der Waals surface area (Å²) in [4.78, 5) is 11.6. The first-order chi connectivity index (χ1) is 8.24. The van der Waals surface area contributed by atoms with Crippen molar-refractivity contribution in [3.8, 4) is 0 Å². The topological polar surface area (TPSA) is 41.1 Å². The number of carbonyl (C=O) groups is 1. The Bertz CT molecular complexity index is 251. The van der Waals surface area contributed by atoms with Crippen LogP contribution in [0.2, 0.25) is 0 Å². The van der Waals surface area contributed by atoms with Crippen LogP contribution in [0, 0.1) is 17.8 Å². The van der Waals surface area contributed by atoms with Crippen molar-refractivity contribution < 1.29 is 4.79 Å². The third-order valence-electron chi connectivity index (χ3n) is 4.05. The number of rotatable bonds is 6. The molecule has 2 rings (SSSR count). The van der Waals surface area contributed by atoms with Crippen molar-refractivity contribution in [2.45, 2.75) is 45.4 Å². The van der Waals surface area contributed by atoms with Crippen LogP contribution in [0.5, 0.6) is 0 Å². The van der Waals surface area contributed by atoms with Crippen LogP contribution in [0.1, 0.15) is 45.4 Å². The maximum atomic E-state index is 11.6. The Morgan fingerprint density at radius 1 is 1.12 bits per heavy atom. The Morgan fingerprint density at radius 2 is 1.94 bits per heavy atom. The Kier molecular flexibility index (Phi) is 4.84. The summed E-state index contributed by atoms with van der Waals surface area (Å²) < 4.78 is 0. The van der Waals surface area contributed by atoms with Gasteiger partial charge in [-0.05, 0) is 50.0 Å². The number of hydrogen-bond donors (Lipinski definition) is 2. The van der Waals surface area contributed by atoms with Gasteiger partial charge >= 0.3 is 0 Å². The third kappa shape index (κ3) is 5.07. The van der Waals surface area contributed by atoms with E-state index in [1.807, 2.05) is 0 Å². The van der Waals surface area contributed by atoms with Gasteiger partial charge in [0, 0.05) is 6.54 Å². The predicted molar refractivity (Wildman–Crippen MR) is 69.7 cm³/mol. The Morgan fingerprint density at radius 3 is 2.65 bits per heavy atom. The summed E-state index contributed by atoms with van der Waals surface area (Å²) >= 11 is 0. The highest BCUT2D eigenvalue weighted by atomic mass is 16.1. The summed E-state index contributed by atoms with van der Waals surface area (Å²) in [7, 11) is 0. The molecule has 0 radical (unpaired) electrons. The molecule has 2 N–H and O–H groups in total. The molecule has 2 saturated carbocycles. The molecule has 0 bridgehead atoms. The molecule has 2 atom stereocenters. The Labute approximate surface area is 105 Å². The van der Waals surface area contributed by atoms with Gasteiger partial charge in [0.25, 0.3) is 0 Å². The van der Waals surface area contributed by atoms with Gasteiger partial charge in [0.2, 0.25) is 5.91 Å². The van der Waals surface area contributed by atoms with Gasteiger partial charge < -0.3 is 10.6 Å². The van der Waals surface area contributed by atoms with Crippen LogP contribution in [0.4, 0.5) is 0 Å². The highest BCUT2D eigenvalue weighted by Gasteiger charge is 2.21. The average Bonchev–Trinajstić information content (AvgIpc) is 3.11. The van der Waals surface area contributed by atoms with Crippen LogP contribution in [-0.2, 0) is 4.79 Å². The maximum Gasteiger partial charge on any atom is 0.233 e. The van der Waals surface area contributed by atoms with E-state index < -0.39 is 0 Å². The van der Waals surface area contributed by atoms with Gasteiger partial charge in [0.1, 0.15) is 0 Å². The molecule has 0 aromatic heterocycles. The van der Waals surface area contributed by atoms with E-state index in [9.17, 15) is 4.79 Å². The van der Waals surface area contributed by atoms with Crippen LogP contribution in [0.15, 0.2) is 0 Å². The normalized spacial score (nSPS) is 29.0. The molecule has 2 fully saturated rings. The van der Waals surface area contributed by atoms with Gasteiger partial charge in [-0.3, -0.25) is 4.79 Å². The minimum atomic E-state index is 0.170. The van der Waals surface area contributed by atoms with Crippen molar-refractivity contribution >= 4 is 5.91 Å². The van der Waals surface area contributed by atoms with Crippen molar-refractivity contribution in [2.75, 3.05) is 19.6 Å². The molecule has 3 heteroatoms. The van der Waals surface area contributed by atoms with Gasteiger partial charge in [-0.15, -0.1) is 0 Å². The van der Waals surface area contributed by atoms with Crippen LogP contribution in [0.3, 0.4) is 0 Å². The second-order valence-corrected chi connectivity index (χ2v) is 6.02. The standard InChI is InChI=1S/C14H26N2O/c1-11-3-2-4-13(7-11)9-16-14(17)10-15-8-12-5-6-12/h11-13,15H,2-10H2,1H3,(H,16,17). The summed E-state index contributed by atoms with van der Waals surface area (Å²) in [6.07, 6.45) is 7.97. The fourth-order valence-corrected chi connectivity index (χ4v) is 2.78. The lowest BCUT2D eigenvalue weighted by Crippen LogP contribution is -2.38. The molecule has 2 unspecified atom stereocenters. The second kappa shape index (κ2) is 6.39. The monoisotopic (exact) mass is 238 g/mol. The lowest BCUT2D eigenvalue weighted by atomic mass is 9.82. The zero-order chi connectivity index (χ0) is 12.1. The molecule has 0 aromatic rings. The fourth-order valence-electron chi connectivity index (χ4n) is 2.78. The van der Waals surface area contributed by atoms with Crippen molar-refractivity contribution in [1.82, 2.24) is 10.6 Å². The first kappa shape index (κ1) is 12.9. The molecule has 0 heterocycles. The summed E-state index contributed by atoms with van der Waals surface area (Å²) in [5, 5.41) is 6.30. The van der Waals surface area contributed by atoms with Crippen LogP contribution < -0.4 is 10.6 Å². The van der Waals surface area contributed by atoms with E-state index in [4.69, 9.17) is 0 Å². The smallest absolute Gasteiger partial charge is 0.233 e. The molecule has 2 aliphatic carbocycles. The molecular weight excluding hydrogens is 212 g/mol. The summed E-state index contributed by atoms with van der Waals surface area (Å²) in [6, 6.07) is 0. The largest absolute Gasteiger partial charge is 0.355 e. The second-order valence-electron chi connectivity index (χ2n) is 6.02. The molecule has 0 saturated heterocycles. The molecule has 0 aliphatic heterocycles. The number of amides is 1. The minimum absolute atomic E-state index is 0.170. The van der Waals surface area contributed by atoms with Gasteiger partial charge in [0.15, 0.2) is 0 Å². The Hall–Kier alpha value is -0.570. The summed E-state index contributed by atoms with van der Waals surface area (Å²) in [5.41, 5.74) is 0. The average molecular weight is 238 g/mol. The predicted octanol–water partition coefficient (Wildman–Crippen LogP) is 1.93. The molecule has 3 nitrogen and oxygen atoms in total. The fraction of sp³-hybridized carbons (Fsp3) is 0.929. The third-order valence-corrected chi connectivity index (χ3v) is 4.05. The minimum Gasteiger partial charge on any atom is -0.355 e. The van der Waals surface area contributed by atoms with E-state index in [0.29, 0.717) is 12.5 Å². The molecule has 0 spiro atoms. The Balaban J connectivity index is 1.52. The van der Waals surface area contributed by atoms with Gasteiger partial charge in [-0.25, -0.2) is 0 Å². The summed E-state index contributed by atoms with van der Waals surface area (Å²) in [6.45, 7) is 4.73. The molecule has 17 heavy (non-hydrogen) atoms. The zero-order valence-electron chi connectivity index (χ0n) is 11.0. The maximum absolute atomic E-state index is 11.6. The number of hydrogen-bond acceptors (Lipinski definition) is 2. The van der Waals surface area contributed by atoms with E-state index in [1.54, 1.807) is 0 Å². The summed E-state index contributed by atoms with van der Waals surface area (Å²) in [5.74, 6) is 2.58. The van der Waals surface area contributed by atoms with E-state index in [0.717, 1.165) is 24.9 Å². The van der Waals surface area contributed by atoms with Crippen molar-refractivity contribution in [3.63, 3.8) is 0 Å². The SMILES string of the molecule is CC1CCCC(CNC(=O)CNCC2CC2)C1. The quantitative estimate of drug-likeness (QED) is 0.742. The van der Waals surface area contributed by atoms with Crippen molar-refractivity contribution in [1.29, 1.82) is 0 Å². The van der Waals surface area contributed by atoms with E-state index in [1.165, 1.54) is 38.5 Å². The van der Waals surface area contributed by atoms with Crippen LogP contribution in [0.25, 0.3) is 0 Å².